The van der Waals surface area contributed by atoms with Gasteiger partial charge in [-0.05, 0) is 13.8 Å². The fourth-order valence-corrected chi connectivity index (χ4v) is 2.06. The minimum atomic E-state index is -4.46. The molecule has 0 spiro atoms. The van der Waals surface area contributed by atoms with Crippen LogP contribution >= 0.6 is 0 Å². The molecule has 22 heavy (non-hydrogen) atoms. The number of amides is 1. The van der Waals surface area contributed by atoms with Gasteiger partial charge in [-0.1, -0.05) is 0 Å². The number of carbonyl (C=O) groups excluding carboxylic acids is 1. The number of aromatic amines is 1. The minimum Gasteiger partial charge on any atom is -0.366 e. The Morgan fingerprint density at radius 1 is 1.59 bits per heavy atom. The van der Waals surface area contributed by atoms with Crippen LogP contribution < -0.4 is 0 Å². The Morgan fingerprint density at radius 3 is 2.91 bits per heavy atom. The van der Waals surface area contributed by atoms with Crippen molar-refractivity contribution in [1.29, 1.82) is 0 Å². The summed E-state index contributed by atoms with van der Waals surface area (Å²) in [6, 6.07) is 0. The molecule has 1 aromatic heterocycles. The molecule has 1 N–H and O–H groups in total. The summed E-state index contributed by atoms with van der Waals surface area (Å²) in [7, 11) is 0. The summed E-state index contributed by atoms with van der Waals surface area (Å²) < 4.78 is 46.4. The predicted molar refractivity (Wildman–Crippen MR) is 67.9 cm³/mol. The molecule has 1 aromatic rings. The Labute approximate surface area is 124 Å². The van der Waals surface area contributed by atoms with E-state index in [2.05, 4.69) is 19.9 Å². The summed E-state index contributed by atoms with van der Waals surface area (Å²) in [6.07, 6.45) is -6.13. The number of hydrogen-bond acceptors (Lipinski definition) is 5. The molecule has 0 radical (unpaired) electrons. The van der Waals surface area contributed by atoms with Crippen LogP contribution in [0.15, 0.2) is 0 Å². The molecule has 0 aliphatic carbocycles. The highest BCUT2D eigenvalue weighted by molar-refractivity contribution is 5.80. The molecule has 124 valence electrons. The molecule has 0 unspecified atom stereocenters. The molecular formula is C12H17F3N4O3. The molecule has 1 saturated heterocycles. The highest BCUT2D eigenvalue weighted by Crippen LogP contribution is 2.21. The Hall–Kier alpha value is -1.68. The van der Waals surface area contributed by atoms with Gasteiger partial charge in [0.05, 0.1) is 13.2 Å². The van der Waals surface area contributed by atoms with E-state index < -0.39 is 30.9 Å². The number of nitrogens with one attached hydrogen (secondary N) is 1. The molecule has 2 atom stereocenters. The molecule has 10 heteroatoms. The Morgan fingerprint density at radius 2 is 2.32 bits per heavy atom. The molecule has 0 bridgehead atoms. The van der Waals surface area contributed by atoms with E-state index in [1.807, 2.05) is 0 Å². The third-order valence-electron chi connectivity index (χ3n) is 3.13. The Kier molecular flexibility index (Phi) is 5.01. The second kappa shape index (κ2) is 6.61. The van der Waals surface area contributed by atoms with Crippen molar-refractivity contribution in [3.8, 4) is 0 Å². The van der Waals surface area contributed by atoms with Gasteiger partial charge in [0.1, 0.15) is 24.6 Å². The number of H-pyrrole nitrogens is 1. The summed E-state index contributed by atoms with van der Waals surface area (Å²) in [4.78, 5) is 17.7. The van der Waals surface area contributed by atoms with Crippen LogP contribution in [0.3, 0.4) is 0 Å². The molecule has 0 saturated carbocycles. The van der Waals surface area contributed by atoms with Crippen molar-refractivity contribution in [3.05, 3.63) is 11.6 Å². The van der Waals surface area contributed by atoms with Crippen LogP contribution in [0.4, 0.5) is 13.2 Å². The van der Waals surface area contributed by atoms with Crippen molar-refractivity contribution in [2.75, 3.05) is 26.3 Å². The number of hydrogen-bond donors (Lipinski definition) is 1. The number of ether oxygens (including phenoxy) is 2. The maximum absolute atomic E-state index is 12.1. The standard InChI is InChI=1S/C12H17F3N4O3/c1-7(22-6-12(13,14)15)11(20)19-3-4-21-9(5-19)10-16-8(2)17-18-10/h7,9H,3-6H2,1-2H3,(H,16,17,18)/t7-,9+/m0/s1. The van der Waals surface area contributed by atoms with Gasteiger partial charge in [-0.15, -0.1) is 0 Å². The molecule has 1 fully saturated rings. The van der Waals surface area contributed by atoms with E-state index in [1.54, 1.807) is 6.92 Å². The van der Waals surface area contributed by atoms with Crippen molar-refractivity contribution in [1.82, 2.24) is 20.1 Å². The zero-order valence-corrected chi connectivity index (χ0v) is 12.2. The number of aromatic nitrogens is 3. The first kappa shape index (κ1) is 16.7. The number of morpholine rings is 1. The molecule has 1 amide bonds. The second-order valence-corrected chi connectivity index (χ2v) is 4.99. The Balaban J connectivity index is 1.92. The van der Waals surface area contributed by atoms with Crippen molar-refractivity contribution in [2.45, 2.75) is 32.2 Å². The van der Waals surface area contributed by atoms with Gasteiger partial charge < -0.3 is 14.4 Å². The van der Waals surface area contributed by atoms with Crippen LogP contribution in [0.25, 0.3) is 0 Å². The molecule has 1 aliphatic rings. The largest absolute Gasteiger partial charge is 0.411 e. The summed E-state index contributed by atoms with van der Waals surface area (Å²) in [5.41, 5.74) is 0. The lowest BCUT2D eigenvalue weighted by Gasteiger charge is -2.33. The number of carbonyl (C=O) groups is 1. The molecule has 2 heterocycles. The Bertz CT molecular complexity index is 520. The van der Waals surface area contributed by atoms with E-state index in [1.165, 1.54) is 11.8 Å². The number of alkyl halides is 3. The number of aryl methyl sites for hydroxylation is 1. The SMILES string of the molecule is Cc1nc([C@H]2CN(C(=O)[C@H](C)OCC(F)(F)F)CCO2)n[nH]1. The lowest BCUT2D eigenvalue weighted by Crippen LogP contribution is -2.47. The van der Waals surface area contributed by atoms with Crippen LogP contribution in [0.1, 0.15) is 24.7 Å². The van der Waals surface area contributed by atoms with E-state index in [0.29, 0.717) is 18.2 Å². The first-order valence-corrected chi connectivity index (χ1v) is 6.74. The van der Waals surface area contributed by atoms with Crippen molar-refractivity contribution < 1.29 is 27.4 Å². The molecule has 2 rings (SSSR count). The van der Waals surface area contributed by atoms with Gasteiger partial charge in [0.15, 0.2) is 5.82 Å². The summed E-state index contributed by atoms with van der Waals surface area (Å²) in [5, 5.41) is 6.64. The number of rotatable bonds is 4. The molecule has 1 aliphatic heterocycles. The van der Waals surface area contributed by atoms with E-state index in [4.69, 9.17) is 4.74 Å². The zero-order chi connectivity index (χ0) is 16.3. The average Bonchev–Trinajstić information content (AvgIpc) is 2.90. The van der Waals surface area contributed by atoms with Crippen LogP contribution in [0.5, 0.6) is 0 Å². The monoisotopic (exact) mass is 322 g/mol. The highest BCUT2D eigenvalue weighted by atomic mass is 19.4. The van der Waals surface area contributed by atoms with Gasteiger partial charge in [-0.3, -0.25) is 9.89 Å². The first-order chi connectivity index (χ1) is 10.3. The van der Waals surface area contributed by atoms with E-state index >= 15 is 0 Å². The van der Waals surface area contributed by atoms with Crippen molar-refractivity contribution >= 4 is 5.91 Å². The predicted octanol–water partition coefficient (Wildman–Crippen LogP) is 0.980. The fourth-order valence-electron chi connectivity index (χ4n) is 2.06. The lowest BCUT2D eigenvalue weighted by molar-refractivity contribution is -0.190. The number of nitrogens with zero attached hydrogens (tertiary/aromatic N) is 3. The van der Waals surface area contributed by atoms with Gasteiger partial charge in [-0.25, -0.2) is 4.98 Å². The normalized spacial score (nSPS) is 21.0. The second-order valence-electron chi connectivity index (χ2n) is 4.99. The summed E-state index contributed by atoms with van der Waals surface area (Å²) >= 11 is 0. The summed E-state index contributed by atoms with van der Waals surface area (Å²) in [6.45, 7) is 2.31. The van der Waals surface area contributed by atoms with Crippen molar-refractivity contribution in [3.63, 3.8) is 0 Å². The molecule has 7 nitrogen and oxygen atoms in total. The molecule has 0 aromatic carbocycles. The van der Waals surface area contributed by atoms with Gasteiger partial charge in [0, 0.05) is 6.54 Å². The van der Waals surface area contributed by atoms with Crippen molar-refractivity contribution in [2.24, 2.45) is 0 Å². The summed E-state index contributed by atoms with van der Waals surface area (Å²) in [5.74, 6) is 0.521. The number of halogens is 3. The van der Waals surface area contributed by atoms with Crippen LogP contribution in [-0.4, -0.2) is 64.6 Å². The lowest BCUT2D eigenvalue weighted by atomic mass is 10.2. The maximum Gasteiger partial charge on any atom is 0.411 e. The minimum absolute atomic E-state index is 0.176. The van der Waals surface area contributed by atoms with E-state index in [0.717, 1.165) is 0 Å². The van der Waals surface area contributed by atoms with Crippen LogP contribution in [0, 0.1) is 6.92 Å². The highest BCUT2D eigenvalue weighted by Gasteiger charge is 2.33. The van der Waals surface area contributed by atoms with Gasteiger partial charge in [0.2, 0.25) is 0 Å². The topological polar surface area (TPSA) is 80.3 Å². The third-order valence-corrected chi connectivity index (χ3v) is 3.13. The average molecular weight is 322 g/mol. The smallest absolute Gasteiger partial charge is 0.366 e. The van der Waals surface area contributed by atoms with Gasteiger partial charge in [0.25, 0.3) is 5.91 Å². The van der Waals surface area contributed by atoms with Gasteiger partial charge in [-0.2, -0.15) is 18.3 Å². The van der Waals surface area contributed by atoms with E-state index in [9.17, 15) is 18.0 Å². The molecular weight excluding hydrogens is 305 g/mol. The first-order valence-electron chi connectivity index (χ1n) is 6.74. The van der Waals surface area contributed by atoms with Gasteiger partial charge >= 0.3 is 6.18 Å². The third kappa shape index (κ3) is 4.41. The fraction of sp³-hybridized carbons (Fsp3) is 0.750. The van der Waals surface area contributed by atoms with E-state index in [-0.39, 0.29) is 13.2 Å². The zero-order valence-electron chi connectivity index (χ0n) is 12.2. The van der Waals surface area contributed by atoms with Crippen LogP contribution in [0.2, 0.25) is 0 Å². The maximum atomic E-state index is 12.1. The van der Waals surface area contributed by atoms with Crippen LogP contribution in [-0.2, 0) is 14.3 Å². The quantitative estimate of drug-likeness (QED) is 0.894.